The minimum atomic E-state index is -0.707. The molecule has 0 bridgehead atoms. The molecule has 0 amide bonds. The third kappa shape index (κ3) is 3.94. The van der Waals surface area contributed by atoms with Crippen molar-refractivity contribution in [2.75, 3.05) is 14.2 Å². The van der Waals surface area contributed by atoms with E-state index < -0.39 is 17.4 Å². The van der Waals surface area contributed by atoms with Crippen LogP contribution in [-0.2, 0) is 19.1 Å². The van der Waals surface area contributed by atoms with Gasteiger partial charge < -0.3 is 9.47 Å². The first-order valence-electron chi connectivity index (χ1n) is 14.4. The Kier molecular flexibility index (Phi) is 6.97. The lowest BCUT2D eigenvalue weighted by atomic mass is 9.70. The lowest BCUT2D eigenvalue weighted by Gasteiger charge is -2.32. The normalized spacial score (nSPS) is 25.6. The predicted molar refractivity (Wildman–Crippen MR) is 160 cm³/mol. The second-order valence-corrected chi connectivity index (χ2v) is 12.7. The monoisotopic (exact) mass is 538 g/mol. The smallest absolute Gasteiger partial charge is 0.335 e. The van der Waals surface area contributed by atoms with Gasteiger partial charge in [-0.05, 0) is 77.1 Å². The minimum Gasteiger partial charge on any atom is -0.466 e. The van der Waals surface area contributed by atoms with Crippen molar-refractivity contribution in [1.82, 2.24) is 0 Å². The van der Waals surface area contributed by atoms with Crippen LogP contribution in [-0.4, -0.2) is 26.2 Å². The van der Waals surface area contributed by atoms with E-state index in [1.54, 1.807) is 0 Å². The number of hydrogen-bond donors (Lipinski definition) is 0. The summed E-state index contributed by atoms with van der Waals surface area (Å²) in [5, 5.41) is 0. The van der Waals surface area contributed by atoms with Gasteiger partial charge in [0.25, 0.3) is 0 Å². The van der Waals surface area contributed by atoms with Gasteiger partial charge in [-0.3, -0.25) is 0 Å². The van der Waals surface area contributed by atoms with Gasteiger partial charge in [-0.15, -0.1) is 0 Å². The molecule has 210 valence electrons. The molecule has 0 aliphatic heterocycles. The quantitative estimate of drug-likeness (QED) is 0.362. The molecule has 5 aliphatic carbocycles. The summed E-state index contributed by atoms with van der Waals surface area (Å²) in [5.41, 5.74) is 11.3. The summed E-state index contributed by atoms with van der Waals surface area (Å²) in [6.45, 7) is 17.5. The number of fused-ring (bicyclic) bond motifs is 1. The fraction of sp³-hybridized carbons (Fsp3) is 0.444. The molecule has 0 spiro atoms. The summed E-state index contributed by atoms with van der Waals surface area (Å²) in [5.74, 6) is -0.578. The maximum Gasteiger partial charge on any atom is 0.335 e. The predicted octanol–water partition coefficient (Wildman–Crippen LogP) is 7.99. The van der Waals surface area contributed by atoms with Crippen LogP contribution in [0.3, 0.4) is 0 Å². The van der Waals surface area contributed by atoms with Crippen molar-refractivity contribution in [2.24, 2.45) is 23.2 Å². The molecule has 0 aromatic carbocycles. The highest BCUT2D eigenvalue weighted by Gasteiger charge is 2.61. The number of ether oxygens (including phenoxy) is 2. The molecule has 0 radical (unpaired) electrons. The first kappa shape index (κ1) is 28.1. The zero-order valence-electron chi connectivity index (χ0n) is 25.6. The summed E-state index contributed by atoms with van der Waals surface area (Å²) >= 11 is 0. The second-order valence-electron chi connectivity index (χ2n) is 12.7. The van der Waals surface area contributed by atoms with Crippen molar-refractivity contribution in [3.8, 4) is 11.1 Å². The summed E-state index contributed by atoms with van der Waals surface area (Å²) in [6.07, 6.45) is 6.59. The molecular formula is C36H42O4. The summed E-state index contributed by atoms with van der Waals surface area (Å²) < 4.78 is 10.7. The molecule has 0 saturated carbocycles. The number of allylic oxidation sites excluding steroid dienone is 6. The first-order chi connectivity index (χ1) is 18.9. The molecule has 0 aromatic heterocycles. The zero-order chi connectivity index (χ0) is 29.3. The van der Waals surface area contributed by atoms with Crippen LogP contribution < -0.4 is 0 Å². The number of carbonyl (C=O) groups is 2. The molecular weight excluding hydrogens is 496 g/mol. The third-order valence-electron chi connectivity index (χ3n) is 9.76. The van der Waals surface area contributed by atoms with Crippen LogP contribution in [0.15, 0.2) is 70.4 Å². The van der Waals surface area contributed by atoms with E-state index in [0.29, 0.717) is 23.0 Å². The average molecular weight is 539 g/mol. The van der Waals surface area contributed by atoms with Gasteiger partial charge in [0, 0.05) is 23.2 Å². The van der Waals surface area contributed by atoms with Crippen LogP contribution in [0, 0.1) is 37.0 Å². The van der Waals surface area contributed by atoms with Crippen molar-refractivity contribution < 1.29 is 19.1 Å². The lowest BCUT2D eigenvalue weighted by Crippen LogP contribution is -2.29. The van der Waals surface area contributed by atoms with Crippen molar-refractivity contribution >= 4 is 11.9 Å². The SMILES string of the molecule is COC(=O)C1=C(C(=O)OC)C2(C)C=CC(C(C)C)=CC3=C(C)C(c4cc(C)c5cc(C(C)C)ccc(C)c4-5)C1C32. The van der Waals surface area contributed by atoms with E-state index in [9.17, 15) is 9.59 Å². The molecule has 4 atom stereocenters. The van der Waals surface area contributed by atoms with E-state index in [2.05, 4.69) is 97.9 Å². The van der Waals surface area contributed by atoms with Crippen LogP contribution in [0.5, 0.6) is 0 Å². The largest absolute Gasteiger partial charge is 0.466 e. The summed E-state index contributed by atoms with van der Waals surface area (Å²) in [6, 6.07) is 9.10. The Morgan fingerprint density at radius 1 is 0.900 bits per heavy atom. The average Bonchev–Trinajstić information content (AvgIpc) is 3.35. The highest BCUT2D eigenvalue weighted by Crippen LogP contribution is 2.67. The van der Waals surface area contributed by atoms with Crippen molar-refractivity contribution in [3.63, 3.8) is 0 Å². The van der Waals surface area contributed by atoms with Gasteiger partial charge in [0.2, 0.25) is 0 Å². The van der Waals surface area contributed by atoms with Gasteiger partial charge >= 0.3 is 11.9 Å². The first-order valence-corrected chi connectivity index (χ1v) is 14.4. The number of methoxy groups -OCH3 is 2. The van der Waals surface area contributed by atoms with Gasteiger partial charge in [-0.2, -0.15) is 0 Å². The molecule has 4 unspecified atom stereocenters. The van der Waals surface area contributed by atoms with E-state index in [4.69, 9.17) is 9.47 Å². The van der Waals surface area contributed by atoms with Gasteiger partial charge in [-0.1, -0.05) is 82.7 Å². The Labute approximate surface area is 239 Å². The Hall–Kier alpha value is -3.40. The molecule has 0 aromatic rings. The van der Waals surface area contributed by atoms with Crippen molar-refractivity contribution in [3.05, 3.63) is 92.6 Å². The molecule has 5 rings (SSSR count). The third-order valence-corrected chi connectivity index (χ3v) is 9.76. The van der Waals surface area contributed by atoms with Gasteiger partial charge in [0.1, 0.15) is 0 Å². The highest BCUT2D eigenvalue weighted by molar-refractivity contribution is 6.04. The summed E-state index contributed by atoms with van der Waals surface area (Å²) in [7, 11) is 2.79. The highest BCUT2D eigenvalue weighted by atomic mass is 16.5. The van der Waals surface area contributed by atoms with Gasteiger partial charge in [-0.25, -0.2) is 9.59 Å². The Balaban J connectivity index is 1.86. The van der Waals surface area contributed by atoms with Gasteiger partial charge in [0.15, 0.2) is 0 Å². The molecule has 0 N–H and O–H groups in total. The standard InChI is InChI=1S/C36H42O4/c1-18(2)23-12-11-20(5)28-25(16-23)21(6)15-27(28)29-22(7)26-17-24(19(3)4)13-14-36(8)32(26)30(29)31(34(37)39-9)33(36)35(38)40-10/h11-19,29-30,32H,1-10H3. The van der Waals surface area contributed by atoms with Crippen molar-refractivity contribution in [1.29, 1.82) is 0 Å². The molecule has 40 heavy (non-hydrogen) atoms. The van der Waals surface area contributed by atoms with Crippen LogP contribution in [0.2, 0.25) is 0 Å². The number of aryl methyl sites for hydroxylation is 2. The van der Waals surface area contributed by atoms with E-state index in [1.807, 2.05) is 0 Å². The van der Waals surface area contributed by atoms with E-state index in [-0.39, 0.29) is 17.8 Å². The minimum absolute atomic E-state index is 0.0773. The Morgan fingerprint density at radius 2 is 1.57 bits per heavy atom. The maximum absolute atomic E-state index is 13.6. The van der Waals surface area contributed by atoms with Crippen LogP contribution in [0.25, 0.3) is 11.1 Å². The molecule has 0 fully saturated rings. The van der Waals surface area contributed by atoms with Crippen LogP contribution in [0.4, 0.5) is 0 Å². The second kappa shape index (κ2) is 9.90. The van der Waals surface area contributed by atoms with Crippen LogP contribution in [0.1, 0.15) is 75.6 Å². The lowest BCUT2D eigenvalue weighted by molar-refractivity contribution is -0.139. The fourth-order valence-corrected chi connectivity index (χ4v) is 7.66. The number of carbonyl (C=O) groups excluding carboxylic acids is 2. The molecule has 5 aliphatic rings. The Bertz CT molecular complexity index is 1510. The van der Waals surface area contributed by atoms with Crippen LogP contribution >= 0.6 is 0 Å². The number of hydrogen-bond acceptors (Lipinski definition) is 4. The topological polar surface area (TPSA) is 52.6 Å². The summed E-state index contributed by atoms with van der Waals surface area (Å²) in [4.78, 5) is 27.1. The molecule has 0 heterocycles. The Morgan fingerprint density at radius 3 is 2.17 bits per heavy atom. The van der Waals surface area contributed by atoms with Gasteiger partial charge in [0.05, 0.1) is 25.4 Å². The molecule has 4 nitrogen and oxygen atoms in total. The maximum atomic E-state index is 13.6. The molecule has 4 heteroatoms. The van der Waals surface area contributed by atoms with E-state index in [0.717, 1.165) is 0 Å². The molecule has 0 saturated heterocycles. The van der Waals surface area contributed by atoms with Crippen molar-refractivity contribution in [2.45, 2.75) is 67.2 Å². The van der Waals surface area contributed by atoms with E-state index in [1.165, 1.54) is 64.3 Å². The number of esters is 2. The number of rotatable bonds is 5. The zero-order valence-corrected chi connectivity index (χ0v) is 25.6. The fourth-order valence-electron chi connectivity index (χ4n) is 7.66. The van der Waals surface area contributed by atoms with E-state index >= 15 is 0 Å².